The predicted molar refractivity (Wildman–Crippen MR) is 184 cm³/mol. The number of para-hydroxylation sites is 1. The van der Waals surface area contributed by atoms with Crippen molar-refractivity contribution >= 4 is 43.5 Å². The van der Waals surface area contributed by atoms with Crippen molar-refractivity contribution in [3.05, 3.63) is 152 Å². The fourth-order valence-electron chi connectivity index (χ4n) is 6.34. The minimum atomic E-state index is 0.607. The van der Waals surface area contributed by atoms with Gasteiger partial charge in [-0.05, 0) is 51.4 Å². The smallest absolute Gasteiger partial charge is 0.164 e. The summed E-state index contributed by atoms with van der Waals surface area (Å²) in [6, 6.07) is 52.2. The monoisotopic (exact) mass is 575 g/mol. The molecule has 45 heavy (non-hydrogen) atoms. The van der Waals surface area contributed by atoms with Crippen LogP contribution in [0.1, 0.15) is 0 Å². The molecule has 210 valence electrons. The minimum Gasteiger partial charge on any atom is -0.455 e. The Kier molecular flexibility index (Phi) is 5.78. The highest BCUT2D eigenvalue weighted by atomic mass is 16.3. The van der Waals surface area contributed by atoms with Crippen LogP contribution < -0.4 is 0 Å². The van der Waals surface area contributed by atoms with Gasteiger partial charge in [0, 0.05) is 33.0 Å². The normalized spacial score (nSPS) is 11.6. The van der Waals surface area contributed by atoms with Crippen LogP contribution in [-0.2, 0) is 0 Å². The Morgan fingerprint density at radius 3 is 1.67 bits per heavy atom. The van der Waals surface area contributed by atoms with E-state index in [2.05, 4.69) is 72.8 Å². The van der Waals surface area contributed by atoms with E-state index in [0.717, 1.165) is 49.8 Å². The number of benzene rings is 7. The molecule has 0 unspecified atom stereocenters. The molecule has 2 aromatic heterocycles. The van der Waals surface area contributed by atoms with Crippen LogP contribution in [0.3, 0.4) is 0 Å². The van der Waals surface area contributed by atoms with Crippen LogP contribution in [0.15, 0.2) is 156 Å². The van der Waals surface area contributed by atoms with Crippen molar-refractivity contribution in [1.29, 1.82) is 0 Å². The summed E-state index contributed by atoms with van der Waals surface area (Å²) in [5, 5.41) is 6.91. The first kappa shape index (κ1) is 25.4. The lowest BCUT2D eigenvalue weighted by molar-refractivity contribution is 0.670. The number of rotatable bonds is 4. The van der Waals surface area contributed by atoms with Gasteiger partial charge in [-0.15, -0.1) is 0 Å². The van der Waals surface area contributed by atoms with Gasteiger partial charge in [0.25, 0.3) is 0 Å². The van der Waals surface area contributed by atoms with E-state index in [1.54, 1.807) is 0 Å². The van der Waals surface area contributed by atoms with Gasteiger partial charge in [-0.25, -0.2) is 15.0 Å². The average Bonchev–Trinajstić information content (AvgIpc) is 3.51. The maximum Gasteiger partial charge on any atom is 0.164 e. The zero-order valence-electron chi connectivity index (χ0n) is 24.2. The van der Waals surface area contributed by atoms with Crippen LogP contribution in [0.2, 0.25) is 0 Å². The number of fused-ring (bicyclic) bond motifs is 6. The van der Waals surface area contributed by atoms with Gasteiger partial charge >= 0.3 is 0 Å². The third-order valence-electron chi connectivity index (χ3n) is 8.52. The summed E-state index contributed by atoms with van der Waals surface area (Å²) in [5.74, 6) is 1.87. The molecule has 0 aliphatic rings. The molecule has 0 aliphatic carbocycles. The van der Waals surface area contributed by atoms with Gasteiger partial charge in [0.05, 0.1) is 0 Å². The molecule has 0 spiro atoms. The Balaban J connectivity index is 1.31. The first-order chi connectivity index (χ1) is 22.3. The van der Waals surface area contributed by atoms with Crippen LogP contribution in [0.25, 0.3) is 88.8 Å². The van der Waals surface area contributed by atoms with Crippen molar-refractivity contribution in [2.24, 2.45) is 0 Å². The van der Waals surface area contributed by atoms with E-state index >= 15 is 0 Å². The molecule has 0 saturated heterocycles. The Labute approximate surface area is 259 Å². The van der Waals surface area contributed by atoms with Gasteiger partial charge in [0.15, 0.2) is 17.5 Å². The molecular formula is C41H25N3O. The summed E-state index contributed by atoms with van der Waals surface area (Å²) in [6.45, 7) is 0. The summed E-state index contributed by atoms with van der Waals surface area (Å²) in [6.07, 6.45) is 0. The predicted octanol–water partition coefficient (Wildman–Crippen LogP) is 10.7. The van der Waals surface area contributed by atoms with Crippen molar-refractivity contribution in [1.82, 2.24) is 15.0 Å². The van der Waals surface area contributed by atoms with E-state index < -0.39 is 0 Å². The molecule has 9 aromatic rings. The van der Waals surface area contributed by atoms with E-state index in [-0.39, 0.29) is 0 Å². The SMILES string of the molecule is c1ccc(-c2nc(-c3ccccc3)nc(-c3ccc(-c4ccc5ccc6ccccc6c5c4)c4oc5ccccc5c34)n2)cc1. The molecule has 0 amide bonds. The molecule has 0 radical (unpaired) electrons. The molecular weight excluding hydrogens is 550 g/mol. The summed E-state index contributed by atoms with van der Waals surface area (Å²) in [7, 11) is 0. The largest absolute Gasteiger partial charge is 0.455 e. The van der Waals surface area contributed by atoms with Crippen molar-refractivity contribution < 1.29 is 4.42 Å². The van der Waals surface area contributed by atoms with Gasteiger partial charge in [-0.1, -0.05) is 127 Å². The molecule has 0 atom stereocenters. The molecule has 9 rings (SSSR count). The molecule has 0 aliphatic heterocycles. The third-order valence-corrected chi connectivity index (χ3v) is 8.52. The maximum absolute atomic E-state index is 6.66. The van der Waals surface area contributed by atoms with E-state index in [1.807, 2.05) is 78.9 Å². The van der Waals surface area contributed by atoms with Gasteiger partial charge < -0.3 is 4.42 Å². The maximum atomic E-state index is 6.66. The van der Waals surface area contributed by atoms with Crippen LogP contribution in [0.5, 0.6) is 0 Å². The summed E-state index contributed by atoms with van der Waals surface area (Å²) in [5.41, 5.74) is 6.55. The Morgan fingerprint density at radius 1 is 0.378 bits per heavy atom. The van der Waals surface area contributed by atoms with Crippen molar-refractivity contribution in [3.8, 4) is 45.3 Å². The van der Waals surface area contributed by atoms with Crippen LogP contribution >= 0.6 is 0 Å². The molecule has 7 aromatic carbocycles. The average molecular weight is 576 g/mol. The van der Waals surface area contributed by atoms with E-state index in [4.69, 9.17) is 19.4 Å². The summed E-state index contributed by atoms with van der Waals surface area (Å²) >= 11 is 0. The lowest BCUT2D eigenvalue weighted by Crippen LogP contribution is -2.00. The van der Waals surface area contributed by atoms with E-state index in [0.29, 0.717) is 17.5 Å². The summed E-state index contributed by atoms with van der Waals surface area (Å²) in [4.78, 5) is 15.0. The number of hydrogen-bond acceptors (Lipinski definition) is 4. The molecule has 0 fully saturated rings. The Hall–Kier alpha value is -6.13. The van der Waals surface area contributed by atoms with Crippen molar-refractivity contribution in [2.75, 3.05) is 0 Å². The first-order valence-electron chi connectivity index (χ1n) is 15.0. The lowest BCUT2D eigenvalue weighted by Gasteiger charge is -2.11. The highest BCUT2D eigenvalue weighted by Crippen LogP contribution is 2.42. The second-order valence-electron chi connectivity index (χ2n) is 11.2. The third kappa shape index (κ3) is 4.27. The van der Waals surface area contributed by atoms with Gasteiger partial charge in [-0.2, -0.15) is 0 Å². The zero-order valence-corrected chi connectivity index (χ0v) is 24.2. The second kappa shape index (κ2) is 10.2. The van der Waals surface area contributed by atoms with Crippen LogP contribution in [-0.4, -0.2) is 15.0 Å². The number of hydrogen-bond donors (Lipinski definition) is 0. The van der Waals surface area contributed by atoms with Crippen molar-refractivity contribution in [2.45, 2.75) is 0 Å². The topological polar surface area (TPSA) is 51.8 Å². The summed E-state index contributed by atoms with van der Waals surface area (Å²) < 4.78 is 6.66. The number of nitrogens with zero attached hydrogens (tertiary/aromatic N) is 3. The Morgan fingerprint density at radius 2 is 0.933 bits per heavy atom. The van der Waals surface area contributed by atoms with Gasteiger partial charge in [-0.3, -0.25) is 0 Å². The molecule has 0 saturated carbocycles. The van der Waals surface area contributed by atoms with Crippen LogP contribution in [0, 0.1) is 0 Å². The van der Waals surface area contributed by atoms with Crippen molar-refractivity contribution in [3.63, 3.8) is 0 Å². The fourth-order valence-corrected chi connectivity index (χ4v) is 6.34. The van der Waals surface area contributed by atoms with E-state index in [1.165, 1.54) is 21.5 Å². The lowest BCUT2D eigenvalue weighted by atomic mass is 9.94. The zero-order chi connectivity index (χ0) is 29.7. The number of aromatic nitrogens is 3. The number of furan rings is 1. The fraction of sp³-hybridized carbons (Fsp3) is 0. The highest BCUT2D eigenvalue weighted by molar-refractivity contribution is 6.16. The van der Waals surface area contributed by atoms with E-state index in [9.17, 15) is 0 Å². The molecule has 0 N–H and O–H groups in total. The molecule has 4 nitrogen and oxygen atoms in total. The minimum absolute atomic E-state index is 0.607. The highest BCUT2D eigenvalue weighted by Gasteiger charge is 2.21. The first-order valence-corrected chi connectivity index (χ1v) is 15.0. The second-order valence-corrected chi connectivity index (χ2v) is 11.2. The molecule has 2 heterocycles. The quantitative estimate of drug-likeness (QED) is 0.196. The molecule has 4 heteroatoms. The standard InChI is InChI=1S/C41H25N3O/c1-3-12-28(13-4-1)39-42-40(29-14-5-2-6-15-29)44-41(43-39)34-24-23-32(38-37(34)33-17-9-10-18-36(33)45-38)30-22-21-27-20-19-26-11-7-8-16-31(26)35(27)25-30/h1-25H. The van der Waals surface area contributed by atoms with Crippen LogP contribution in [0.4, 0.5) is 0 Å². The van der Waals surface area contributed by atoms with Gasteiger partial charge in [0.2, 0.25) is 0 Å². The molecule has 0 bridgehead atoms. The van der Waals surface area contributed by atoms with Gasteiger partial charge in [0.1, 0.15) is 11.2 Å². The Bertz CT molecular complexity index is 2480.